The third-order valence-corrected chi connectivity index (χ3v) is 17.2. The SMILES string of the molecule is CCCCCCCCCCCCCN(CCCCCCCCCCCC)CCN(CCCCCCCCCCCC)CC(=O)N1CC2CC1CN2C(=O)CN(CCCCCCCCC)CCCCCCCCC. The van der Waals surface area contributed by atoms with E-state index >= 15 is 0 Å². The average Bonchev–Trinajstić information content (AvgIpc) is 4.02. The van der Waals surface area contributed by atoms with Crippen LogP contribution in [0.3, 0.4) is 0 Å². The number of unbranched alkanes of at least 4 members (excludes halogenated alkanes) is 40. The number of carbonyl (C=O) groups excluding carboxylic acids is 2. The van der Waals surface area contributed by atoms with Crippen LogP contribution in [-0.2, 0) is 9.59 Å². The van der Waals surface area contributed by atoms with E-state index < -0.39 is 0 Å². The van der Waals surface area contributed by atoms with E-state index in [0.29, 0.717) is 24.9 Å². The molecule has 0 aromatic heterocycles. The van der Waals surface area contributed by atoms with Crippen LogP contribution < -0.4 is 0 Å². The number of piperazine rings is 1. The number of likely N-dealkylation sites (tertiary alicyclic amines) is 2. The van der Waals surface area contributed by atoms with Gasteiger partial charge in [0.1, 0.15) is 0 Å². The van der Waals surface area contributed by atoms with Crippen LogP contribution in [0.2, 0.25) is 0 Å². The quantitative estimate of drug-likeness (QED) is 0.0568. The highest BCUT2D eigenvalue weighted by Gasteiger charge is 2.47. The zero-order chi connectivity index (χ0) is 52.5. The van der Waals surface area contributed by atoms with Gasteiger partial charge in [0.25, 0.3) is 0 Å². The first kappa shape index (κ1) is 67.9. The molecule has 2 atom stereocenters. The van der Waals surface area contributed by atoms with Crippen LogP contribution in [0.5, 0.6) is 0 Å². The molecule has 73 heavy (non-hydrogen) atoms. The van der Waals surface area contributed by atoms with Gasteiger partial charge in [-0.3, -0.25) is 19.4 Å². The number of fused-ring (bicyclic) bond motifs is 2. The molecule has 2 saturated heterocycles. The van der Waals surface area contributed by atoms with E-state index in [9.17, 15) is 9.59 Å². The van der Waals surface area contributed by atoms with Crippen LogP contribution >= 0.6 is 0 Å². The van der Waals surface area contributed by atoms with Crippen LogP contribution in [0.15, 0.2) is 0 Å². The highest BCUT2D eigenvalue weighted by atomic mass is 16.2. The molecule has 0 aliphatic carbocycles. The second-order valence-corrected chi connectivity index (χ2v) is 24.2. The zero-order valence-electron chi connectivity index (χ0n) is 50.5. The predicted molar refractivity (Wildman–Crippen MR) is 321 cm³/mol. The third kappa shape index (κ3) is 37.3. The number of rotatable bonds is 57. The molecule has 0 aromatic carbocycles. The van der Waals surface area contributed by atoms with Gasteiger partial charge >= 0.3 is 0 Å². The highest BCUT2D eigenvalue weighted by molar-refractivity contribution is 5.82. The van der Waals surface area contributed by atoms with Crippen molar-refractivity contribution in [1.82, 2.24) is 24.5 Å². The van der Waals surface area contributed by atoms with Gasteiger partial charge in [0, 0.05) is 26.2 Å². The average molecular weight is 1030 g/mol. The fourth-order valence-electron chi connectivity index (χ4n) is 12.2. The molecule has 0 radical (unpaired) electrons. The maximum atomic E-state index is 14.4. The van der Waals surface area contributed by atoms with Crippen molar-refractivity contribution < 1.29 is 9.59 Å². The first-order valence-electron chi connectivity index (χ1n) is 33.7. The van der Waals surface area contributed by atoms with Gasteiger partial charge in [0.05, 0.1) is 25.2 Å². The lowest BCUT2D eigenvalue weighted by molar-refractivity contribution is -0.141. The van der Waals surface area contributed by atoms with Crippen LogP contribution in [0.1, 0.15) is 330 Å². The van der Waals surface area contributed by atoms with Gasteiger partial charge in [0.2, 0.25) is 11.8 Å². The maximum Gasteiger partial charge on any atom is 0.237 e. The van der Waals surface area contributed by atoms with Crippen LogP contribution in [0.4, 0.5) is 0 Å². The second-order valence-electron chi connectivity index (χ2n) is 24.2. The van der Waals surface area contributed by atoms with Crippen molar-refractivity contribution in [3.63, 3.8) is 0 Å². The Balaban J connectivity index is 1.99. The summed E-state index contributed by atoms with van der Waals surface area (Å²) < 4.78 is 0. The van der Waals surface area contributed by atoms with Crippen molar-refractivity contribution in [3.05, 3.63) is 0 Å². The van der Waals surface area contributed by atoms with Gasteiger partial charge in [-0.1, -0.05) is 291 Å². The Morgan fingerprint density at radius 2 is 0.466 bits per heavy atom. The van der Waals surface area contributed by atoms with Crippen molar-refractivity contribution in [1.29, 1.82) is 0 Å². The van der Waals surface area contributed by atoms with Crippen LogP contribution in [0, 0.1) is 0 Å². The molecule has 2 unspecified atom stereocenters. The lowest BCUT2D eigenvalue weighted by Gasteiger charge is -2.36. The van der Waals surface area contributed by atoms with E-state index in [1.807, 2.05) is 0 Å². The van der Waals surface area contributed by atoms with Crippen molar-refractivity contribution in [2.75, 3.05) is 72.0 Å². The lowest BCUT2D eigenvalue weighted by Crippen LogP contribution is -2.54. The minimum absolute atomic E-state index is 0.189. The molecule has 0 spiro atoms. The number of hydrogen-bond acceptors (Lipinski definition) is 5. The Bertz CT molecular complexity index is 1180. The summed E-state index contributed by atoms with van der Waals surface area (Å²) in [5.41, 5.74) is 0. The Morgan fingerprint density at radius 1 is 0.274 bits per heavy atom. The minimum atomic E-state index is 0.189. The summed E-state index contributed by atoms with van der Waals surface area (Å²) in [6.07, 6.45) is 62.0. The van der Waals surface area contributed by atoms with Gasteiger partial charge < -0.3 is 14.7 Å². The molecule has 2 aliphatic heterocycles. The van der Waals surface area contributed by atoms with Crippen LogP contribution in [0.25, 0.3) is 0 Å². The second kappa shape index (κ2) is 50.3. The molecule has 2 bridgehead atoms. The van der Waals surface area contributed by atoms with E-state index in [0.717, 1.165) is 52.2 Å². The molecule has 0 saturated carbocycles. The molecular weight excluding hydrogens is 895 g/mol. The normalized spacial score (nSPS) is 15.7. The topological polar surface area (TPSA) is 50.3 Å². The van der Waals surface area contributed by atoms with E-state index in [4.69, 9.17) is 0 Å². The summed E-state index contributed by atoms with van der Waals surface area (Å²) in [6, 6.07) is 0.382. The van der Waals surface area contributed by atoms with Gasteiger partial charge in [-0.2, -0.15) is 0 Å². The fraction of sp³-hybridized carbons (Fsp3) is 0.970. The zero-order valence-corrected chi connectivity index (χ0v) is 50.5. The predicted octanol–water partition coefficient (Wildman–Crippen LogP) is 18.4. The van der Waals surface area contributed by atoms with E-state index in [1.165, 1.54) is 302 Å². The molecule has 2 fully saturated rings. The Kier molecular flexibility index (Phi) is 46.8. The summed E-state index contributed by atoms with van der Waals surface area (Å²) in [5.74, 6) is 0.631. The fourth-order valence-corrected chi connectivity index (χ4v) is 12.2. The molecule has 2 rings (SSSR count). The third-order valence-electron chi connectivity index (χ3n) is 17.2. The summed E-state index contributed by atoms with van der Waals surface area (Å²) in [6.45, 7) is 21.7. The number of amides is 2. The summed E-state index contributed by atoms with van der Waals surface area (Å²) >= 11 is 0. The van der Waals surface area contributed by atoms with E-state index in [1.54, 1.807) is 0 Å². The monoisotopic (exact) mass is 1030 g/mol. The number of carbonyl (C=O) groups is 2. The number of nitrogens with zero attached hydrogens (tertiary/aromatic N) is 5. The van der Waals surface area contributed by atoms with Gasteiger partial charge in [-0.25, -0.2) is 0 Å². The minimum Gasteiger partial charge on any atom is -0.335 e. The summed E-state index contributed by atoms with van der Waals surface area (Å²) in [7, 11) is 0. The Hall–Kier alpha value is -1.18. The lowest BCUT2D eigenvalue weighted by atomic mass is 10.1. The summed E-state index contributed by atoms with van der Waals surface area (Å²) in [4.78, 5) is 40.7. The van der Waals surface area contributed by atoms with Crippen molar-refractivity contribution >= 4 is 11.8 Å². The first-order chi connectivity index (χ1) is 36.0. The first-order valence-corrected chi connectivity index (χ1v) is 33.7. The molecule has 0 aromatic rings. The van der Waals surface area contributed by atoms with Gasteiger partial charge in [-0.15, -0.1) is 0 Å². The largest absolute Gasteiger partial charge is 0.335 e. The number of hydrogen-bond donors (Lipinski definition) is 0. The molecule has 2 aliphatic rings. The Labute approximate surface area is 458 Å². The van der Waals surface area contributed by atoms with Gasteiger partial charge in [-0.05, 0) is 71.2 Å². The molecule has 2 heterocycles. The van der Waals surface area contributed by atoms with Crippen molar-refractivity contribution in [3.8, 4) is 0 Å². The van der Waals surface area contributed by atoms with E-state index in [2.05, 4.69) is 59.1 Å². The molecule has 2 amide bonds. The maximum absolute atomic E-state index is 14.4. The molecule has 7 heteroatoms. The van der Waals surface area contributed by atoms with Crippen molar-refractivity contribution in [2.45, 2.75) is 342 Å². The van der Waals surface area contributed by atoms with E-state index in [-0.39, 0.29) is 12.1 Å². The summed E-state index contributed by atoms with van der Waals surface area (Å²) in [5, 5.41) is 0. The standard InChI is InChI=1S/C66H131N5O2/c1-6-11-16-21-26-29-32-35-39-42-47-52-67(51-46-41-38-33-30-27-22-17-12-7-2)56-57-69(55-50-45-40-34-31-28-23-18-13-8-3)62-66(73)71-60-63-58-64(71)59-70(63)65(72)61-68(53-48-43-36-24-19-14-9-4)54-49-44-37-25-20-15-10-5/h63-64H,6-62H2,1-5H3. The Morgan fingerprint density at radius 3 is 0.699 bits per heavy atom. The molecule has 7 nitrogen and oxygen atoms in total. The van der Waals surface area contributed by atoms with Crippen molar-refractivity contribution in [2.24, 2.45) is 0 Å². The molecule has 432 valence electrons. The highest BCUT2D eigenvalue weighted by Crippen LogP contribution is 2.31. The smallest absolute Gasteiger partial charge is 0.237 e. The van der Waals surface area contributed by atoms with Crippen LogP contribution in [-0.4, -0.2) is 120 Å². The molecule has 0 N–H and O–H groups in total. The molecular formula is C66H131N5O2. The van der Waals surface area contributed by atoms with Gasteiger partial charge in [0.15, 0.2) is 0 Å².